The first-order valence-corrected chi connectivity index (χ1v) is 7.77. The van der Waals surface area contributed by atoms with E-state index in [0.29, 0.717) is 11.5 Å². The molecule has 5 nitrogen and oxygen atoms in total. The zero-order chi connectivity index (χ0) is 18.4. The zero-order valence-corrected chi connectivity index (χ0v) is 14.8. The molecule has 0 spiro atoms. The highest BCUT2D eigenvalue weighted by molar-refractivity contribution is 5.77. The summed E-state index contributed by atoms with van der Waals surface area (Å²) in [6.45, 7) is 3.00. The molecule has 132 valence electrons. The van der Waals surface area contributed by atoms with Crippen molar-refractivity contribution in [1.82, 2.24) is 0 Å². The molecule has 0 aliphatic rings. The van der Waals surface area contributed by atoms with E-state index in [1.54, 1.807) is 26.4 Å². The van der Waals surface area contributed by atoms with E-state index in [4.69, 9.17) is 14.2 Å². The van der Waals surface area contributed by atoms with E-state index in [-0.39, 0.29) is 0 Å². The smallest absolute Gasteiger partial charge is 0.347 e. The van der Waals surface area contributed by atoms with Crippen LogP contribution in [0.4, 0.5) is 0 Å². The molecule has 25 heavy (non-hydrogen) atoms. The summed E-state index contributed by atoms with van der Waals surface area (Å²) in [5.41, 5.74) is 0.520. The quantitative estimate of drug-likeness (QED) is 0.767. The van der Waals surface area contributed by atoms with Gasteiger partial charge < -0.3 is 19.3 Å². The second-order valence-corrected chi connectivity index (χ2v) is 5.97. The van der Waals surface area contributed by atoms with Crippen LogP contribution in [-0.4, -0.2) is 30.9 Å². The Morgan fingerprint density at radius 1 is 0.880 bits per heavy atom. The standard InChI is InChI=1S/C20H22O5/c1-20(2,19(21)22)25-18-12-15(11-17(13-18)24-4)6-5-14-7-9-16(23-3)10-8-14/h5-13H,1-4H3,(H,21,22)/b6-5+. The first-order chi connectivity index (χ1) is 11.8. The Labute approximate surface area is 147 Å². The second-order valence-electron chi connectivity index (χ2n) is 5.97. The Morgan fingerprint density at radius 3 is 2.00 bits per heavy atom. The highest BCUT2D eigenvalue weighted by Crippen LogP contribution is 2.27. The lowest BCUT2D eigenvalue weighted by Gasteiger charge is -2.22. The maximum absolute atomic E-state index is 11.2. The Balaban J connectivity index is 2.26. The normalized spacial score (nSPS) is 11.4. The van der Waals surface area contributed by atoms with Crippen LogP contribution in [0.5, 0.6) is 17.2 Å². The molecule has 0 saturated heterocycles. The van der Waals surface area contributed by atoms with E-state index in [0.717, 1.165) is 16.9 Å². The van der Waals surface area contributed by atoms with Crippen LogP contribution in [0.2, 0.25) is 0 Å². The van der Waals surface area contributed by atoms with Gasteiger partial charge in [-0.05, 0) is 49.2 Å². The van der Waals surface area contributed by atoms with E-state index < -0.39 is 11.6 Å². The van der Waals surface area contributed by atoms with Gasteiger partial charge in [0.25, 0.3) is 0 Å². The Morgan fingerprint density at radius 2 is 1.44 bits per heavy atom. The zero-order valence-electron chi connectivity index (χ0n) is 14.8. The summed E-state index contributed by atoms with van der Waals surface area (Å²) in [5.74, 6) is 0.782. The van der Waals surface area contributed by atoms with Crippen LogP contribution in [0, 0.1) is 0 Å². The molecule has 2 aromatic rings. The molecule has 0 amide bonds. The lowest BCUT2D eigenvalue weighted by molar-refractivity contribution is -0.152. The number of carboxylic acid groups (broad SMARTS) is 1. The number of hydrogen-bond donors (Lipinski definition) is 1. The van der Waals surface area contributed by atoms with Gasteiger partial charge in [-0.2, -0.15) is 0 Å². The van der Waals surface area contributed by atoms with Gasteiger partial charge in [0.2, 0.25) is 0 Å². The van der Waals surface area contributed by atoms with E-state index in [1.165, 1.54) is 13.8 Å². The second kappa shape index (κ2) is 7.75. The molecule has 5 heteroatoms. The molecule has 0 heterocycles. The molecule has 0 radical (unpaired) electrons. The van der Waals surface area contributed by atoms with Gasteiger partial charge in [0.15, 0.2) is 5.60 Å². The van der Waals surface area contributed by atoms with Crippen LogP contribution < -0.4 is 14.2 Å². The number of rotatable bonds is 7. The molecule has 0 atom stereocenters. The number of aliphatic carboxylic acids is 1. The van der Waals surface area contributed by atoms with E-state index in [9.17, 15) is 9.90 Å². The van der Waals surface area contributed by atoms with Crippen molar-refractivity contribution in [2.45, 2.75) is 19.4 Å². The van der Waals surface area contributed by atoms with Crippen LogP contribution in [0.3, 0.4) is 0 Å². The molecule has 0 unspecified atom stereocenters. The third-order valence-electron chi connectivity index (χ3n) is 3.61. The number of ether oxygens (including phenoxy) is 3. The fourth-order valence-electron chi connectivity index (χ4n) is 2.11. The summed E-state index contributed by atoms with van der Waals surface area (Å²) in [6.07, 6.45) is 3.85. The van der Waals surface area contributed by atoms with E-state index >= 15 is 0 Å². The fraction of sp³-hybridized carbons (Fsp3) is 0.250. The molecular formula is C20H22O5. The Hall–Kier alpha value is -2.95. The highest BCUT2D eigenvalue weighted by atomic mass is 16.5. The minimum absolute atomic E-state index is 0.432. The maximum Gasteiger partial charge on any atom is 0.347 e. The van der Waals surface area contributed by atoms with Crippen LogP contribution >= 0.6 is 0 Å². The minimum Gasteiger partial charge on any atom is -0.497 e. The summed E-state index contributed by atoms with van der Waals surface area (Å²) in [4.78, 5) is 11.2. The van der Waals surface area contributed by atoms with Crippen molar-refractivity contribution in [3.05, 3.63) is 53.6 Å². The van der Waals surface area contributed by atoms with Crippen LogP contribution in [0.15, 0.2) is 42.5 Å². The molecule has 0 saturated carbocycles. The van der Waals surface area contributed by atoms with Gasteiger partial charge in [-0.3, -0.25) is 0 Å². The number of hydrogen-bond acceptors (Lipinski definition) is 4. The summed E-state index contributed by atoms with van der Waals surface area (Å²) < 4.78 is 16.0. The average Bonchev–Trinajstić information content (AvgIpc) is 2.59. The summed E-state index contributed by atoms with van der Waals surface area (Å²) in [5, 5.41) is 9.21. The van der Waals surface area contributed by atoms with Crippen LogP contribution in [0.1, 0.15) is 25.0 Å². The van der Waals surface area contributed by atoms with Crippen molar-refractivity contribution in [3.8, 4) is 17.2 Å². The molecule has 2 rings (SSSR count). The van der Waals surface area contributed by atoms with Gasteiger partial charge in [0, 0.05) is 6.07 Å². The topological polar surface area (TPSA) is 65.0 Å². The molecule has 0 aromatic heterocycles. The first kappa shape index (κ1) is 18.4. The lowest BCUT2D eigenvalue weighted by Crippen LogP contribution is -2.37. The van der Waals surface area contributed by atoms with Crippen LogP contribution in [0.25, 0.3) is 12.2 Å². The van der Waals surface area contributed by atoms with Crippen molar-refractivity contribution in [1.29, 1.82) is 0 Å². The van der Waals surface area contributed by atoms with Crippen molar-refractivity contribution in [2.24, 2.45) is 0 Å². The minimum atomic E-state index is -1.33. The summed E-state index contributed by atoms with van der Waals surface area (Å²) >= 11 is 0. The van der Waals surface area contributed by atoms with Gasteiger partial charge in [0.1, 0.15) is 17.2 Å². The Kier molecular flexibility index (Phi) is 5.70. The van der Waals surface area contributed by atoms with Gasteiger partial charge >= 0.3 is 5.97 Å². The number of benzene rings is 2. The molecule has 2 aromatic carbocycles. The third kappa shape index (κ3) is 5.01. The molecule has 0 aliphatic carbocycles. The van der Waals surface area contributed by atoms with Crippen LogP contribution in [-0.2, 0) is 4.79 Å². The van der Waals surface area contributed by atoms with Crippen molar-refractivity contribution < 1.29 is 24.1 Å². The third-order valence-corrected chi connectivity index (χ3v) is 3.61. The van der Waals surface area contributed by atoms with E-state index in [2.05, 4.69) is 0 Å². The maximum atomic E-state index is 11.2. The molecule has 0 fully saturated rings. The lowest BCUT2D eigenvalue weighted by atomic mass is 10.1. The first-order valence-electron chi connectivity index (χ1n) is 7.77. The average molecular weight is 342 g/mol. The van der Waals surface area contributed by atoms with Crippen molar-refractivity contribution >= 4 is 18.1 Å². The summed E-state index contributed by atoms with van der Waals surface area (Å²) in [6, 6.07) is 12.9. The number of carboxylic acids is 1. The Bertz CT molecular complexity index is 760. The molecular weight excluding hydrogens is 320 g/mol. The van der Waals surface area contributed by atoms with Gasteiger partial charge in [-0.15, -0.1) is 0 Å². The monoisotopic (exact) mass is 342 g/mol. The largest absolute Gasteiger partial charge is 0.497 e. The predicted octanol–water partition coefficient (Wildman–Crippen LogP) is 4.12. The van der Waals surface area contributed by atoms with Gasteiger partial charge in [-0.1, -0.05) is 24.3 Å². The number of methoxy groups -OCH3 is 2. The van der Waals surface area contributed by atoms with Crippen molar-refractivity contribution in [2.75, 3.05) is 14.2 Å². The fourth-order valence-corrected chi connectivity index (χ4v) is 2.11. The van der Waals surface area contributed by atoms with Crippen molar-refractivity contribution in [3.63, 3.8) is 0 Å². The summed E-state index contributed by atoms with van der Waals surface area (Å²) in [7, 11) is 3.18. The van der Waals surface area contributed by atoms with Gasteiger partial charge in [-0.25, -0.2) is 4.79 Å². The highest BCUT2D eigenvalue weighted by Gasteiger charge is 2.29. The molecule has 0 bridgehead atoms. The van der Waals surface area contributed by atoms with E-state index in [1.807, 2.05) is 42.5 Å². The predicted molar refractivity (Wildman–Crippen MR) is 97.3 cm³/mol. The molecule has 1 N–H and O–H groups in total. The SMILES string of the molecule is COc1ccc(/C=C/c2cc(OC)cc(OC(C)(C)C(=O)O)c2)cc1. The van der Waals surface area contributed by atoms with Gasteiger partial charge in [0.05, 0.1) is 14.2 Å². The number of carbonyl (C=O) groups is 1. The molecule has 0 aliphatic heterocycles.